The van der Waals surface area contributed by atoms with Gasteiger partial charge in [0, 0.05) is 17.1 Å². The summed E-state index contributed by atoms with van der Waals surface area (Å²) >= 11 is 3.60. The van der Waals surface area contributed by atoms with Gasteiger partial charge in [0.25, 0.3) is 0 Å². The van der Waals surface area contributed by atoms with Crippen LogP contribution >= 0.6 is 15.9 Å². The van der Waals surface area contributed by atoms with Gasteiger partial charge in [0.15, 0.2) is 0 Å². The van der Waals surface area contributed by atoms with Crippen molar-refractivity contribution in [3.63, 3.8) is 0 Å². The Morgan fingerprint density at radius 3 is 2.47 bits per heavy atom. The first-order chi connectivity index (χ1) is 8.12. The number of ether oxygens (including phenoxy) is 1. The molecule has 0 saturated heterocycles. The predicted molar refractivity (Wildman–Crippen MR) is 76.5 cm³/mol. The van der Waals surface area contributed by atoms with Crippen molar-refractivity contribution in [2.45, 2.75) is 39.3 Å². The van der Waals surface area contributed by atoms with Crippen LogP contribution in [0.5, 0.6) is 5.75 Å². The molecule has 17 heavy (non-hydrogen) atoms. The molecule has 0 amide bonds. The molecule has 0 atom stereocenters. The summed E-state index contributed by atoms with van der Waals surface area (Å²) in [4.78, 5) is 2.40. The summed E-state index contributed by atoms with van der Waals surface area (Å²) in [7, 11) is 3.89. The second kappa shape index (κ2) is 7.02. The molecule has 0 fully saturated rings. The topological polar surface area (TPSA) is 12.5 Å². The highest BCUT2D eigenvalue weighted by molar-refractivity contribution is 9.10. The zero-order chi connectivity index (χ0) is 12.8. The number of hydrogen-bond donors (Lipinski definition) is 0. The van der Waals surface area contributed by atoms with Crippen LogP contribution in [0.4, 0.5) is 0 Å². The third-order valence-corrected chi connectivity index (χ3v) is 4.01. The molecule has 0 radical (unpaired) electrons. The molecule has 0 unspecified atom stereocenters. The summed E-state index contributed by atoms with van der Waals surface area (Å²) < 4.78 is 6.41. The first-order valence-electron chi connectivity index (χ1n) is 6.15. The minimum atomic E-state index is 0.646. The molecule has 3 heteroatoms. The van der Waals surface area contributed by atoms with E-state index in [4.69, 9.17) is 4.74 Å². The molecular weight excluding hydrogens is 278 g/mol. The van der Waals surface area contributed by atoms with E-state index in [1.165, 1.54) is 18.4 Å². The largest absolute Gasteiger partial charge is 0.497 e. The monoisotopic (exact) mass is 299 g/mol. The predicted octanol–water partition coefficient (Wildman–Crippen LogP) is 4.08. The Bertz CT molecular complexity index is 350. The summed E-state index contributed by atoms with van der Waals surface area (Å²) in [6.07, 6.45) is 2.38. The van der Waals surface area contributed by atoms with Crippen LogP contribution in [0.1, 0.15) is 32.3 Å². The van der Waals surface area contributed by atoms with Gasteiger partial charge in [0.1, 0.15) is 5.75 Å². The van der Waals surface area contributed by atoms with Crippen LogP contribution in [0, 0.1) is 0 Å². The fourth-order valence-electron chi connectivity index (χ4n) is 2.11. The van der Waals surface area contributed by atoms with Gasteiger partial charge in [-0.3, -0.25) is 4.90 Å². The average Bonchev–Trinajstić information content (AvgIpc) is 2.33. The van der Waals surface area contributed by atoms with Crippen LogP contribution < -0.4 is 4.74 Å². The lowest BCUT2D eigenvalue weighted by Crippen LogP contribution is -2.30. The van der Waals surface area contributed by atoms with Gasteiger partial charge in [0.2, 0.25) is 0 Å². The molecule has 1 rings (SSSR count). The zero-order valence-electron chi connectivity index (χ0n) is 11.2. The van der Waals surface area contributed by atoms with Crippen molar-refractivity contribution in [2.24, 2.45) is 0 Å². The van der Waals surface area contributed by atoms with E-state index in [-0.39, 0.29) is 0 Å². The second-order valence-corrected chi connectivity index (χ2v) is 5.20. The van der Waals surface area contributed by atoms with Crippen molar-refractivity contribution in [3.8, 4) is 5.75 Å². The van der Waals surface area contributed by atoms with Crippen LogP contribution in [-0.2, 0) is 6.54 Å². The van der Waals surface area contributed by atoms with Crippen LogP contribution in [0.25, 0.3) is 0 Å². The lowest BCUT2D eigenvalue weighted by molar-refractivity contribution is 0.221. The van der Waals surface area contributed by atoms with Gasteiger partial charge < -0.3 is 4.74 Å². The highest BCUT2D eigenvalue weighted by Crippen LogP contribution is 2.24. The minimum Gasteiger partial charge on any atom is -0.497 e. The number of nitrogens with zero attached hydrogens (tertiary/aromatic N) is 1. The molecule has 0 saturated carbocycles. The summed E-state index contributed by atoms with van der Waals surface area (Å²) in [5, 5.41) is 0. The smallest absolute Gasteiger partial charge is 0.119 e. The van der Waals surface area contributed by atoms with Crippen molar-refractivity contribution < 1.29 is 4.74 Å². The van der Waals surface area contributed by atoms with Crippen molar-refractivity contribution in [1.82, 2.24) is 4.90 Å². The Morgan fingerprint density at radius 2 is 1.94 bits per heavy atom. The van der Waals surface area contributed by atoms with Gasteiger partial charge in [-0.05, 0) is 43.7 Å². The maximum Gasteiger partial charge on any atom is 0.119 e. The first-order valence-corrected chi connectivity index (χ1v) is 6.94. The molecule has 0 N–H and O–H groups in total. The highest BCUT2D eigenvalue weighted by Gasteiger charge is 2.12. The second-order valence-electron chi connectivity index (χ2n) is 4.34. The maximum absolute atomic E-state index is 5.27. The summed E-state index contributed by atoms with van der Waals surface area (Å²) in [6.45, 7) is 5.43. The van der Waals surface area contributed by atoms with Crippen LogP contribution in [0.2, 0.25) is 0 Å². The van der Waals surface area contributed by atoms with E-state index in [1.54, 1.807) is 7.11 Å². The Hall–Kier alpha value is -0.540. The first kappa shape index (κ1) is 14.5. The van der Waals surface area contributed by atoms with E-state index < -0.39 is 0 Å². The molecular formula is C14H22BrNO. The number of benzene rings is 1. The standard InChI is InChI=1S/C14H22BrNO/c1-5-12(6-2)16(3)10-11-9-13(17-4)7-8-14(11)15/h7-9,12H,5-6,10H2,1-4H3. The van der Waals surface area contributed by atoms with Crippen molar-refractivity contribution in [1.29, 1.82) is 0 Å². The van der Waals surface area contributed by atoms with Gasteiger partial charge in [0.05, 0.1) is 7.11 Å². The molecule has 2 nitrogen and oxygen atoms in total. The highest BCUT2D eigenvalue weighted by atomic mass is 79.9. The maximum atomic E-state index is 5.27. The van der Waals surface area contributed by atoms with Crippen LogP contribution in [0.3, 0.4) is 0 Å². The average molecular weight is 300 g/mol. The van der Waals surface area contributed by atoms with Gasteiger partial charge >= 0.3 is 0 Å². The van der Waals surface area contributed by atoms with Crippen molar-refractivity contribution in [2.75, 3.05) is 14.2 Å². The lowest BCUT2D eigenvalue weighted by Gasteiger charge is -2.26. The Morgan fingerprint density at radius 1 is 1.29 bits per heavy atom. The lowest BCUT2D eigenvalue weighted by atomic mass is 10.1. The third kappa shape index (κ3) is 4.00. The fourth-order valence-corrected chi connectivity index (χ4v) is 2.48. The Balaban J connectivity index is 2.79. The molecule has 1 aromatic rings. The minimum absolute atomic E-state index is 0.646. The molecule has 0 aromatic heterocycles. The van der Waals surface area contributed by atoms with Gasteiger partial charge in [-0.15, -0.1) is 0 Å². The normalized spacial score (nSPS) is 11.2. The number of rotatable bonds is 6. The fraction of sp³-hybridized carbons (Fsp3) is 0.571. The third-order valence-electron chi connectivity index (χ3n) is 3.24. The van der Waals surface area contributed by atoms with E-state index >= 15 is 0 Å². The van der Waals surface area contributed by atoms with E-state index in [2.05, 4.69) is 53.9 Å². The Kier molecular flexibility index (Phi) is 6.00. The number of hydrogen-bond acceptors (Lipinski definition) is 2. The quantitative estimate of drug-likeness (QED) is 0.785. The summed E-state index contributed by atoms with van der Waals surface area (Å²) in [5.74, 6) is 0.918. The van der Waals surface area contributed by atoms with Crippen molar-refractivity contribution in [3.05, 3.63) is 28.2 Å². The van der Waals surface area contributed by atoms with Crippen molar-refractivity contribution >= 4 is 15.9 Å². The van der Waals surface area contributed by atoms with Gasteiger partial charge in [-0.1, -0.05) is 29.8 Å². The Labute approximate surface area is 113 Å². The summed E-state index contributed by atoms with van der Waals surface area (Å²) in [6, 6.07) is 6.77. The number of halogens is 1. The molecule has 0 aliphatic rings. The molecule has 1 aromatic carbocycles. The SMILES string of the molecule is CCC(CC)N(C)Cc1cc(OC)ccc1Br. The van der Waals surface area contributed by atoms with Crippen LogP contribution in [0.15, 0.2) is 22.7 Å². The van der Waals surface area contributed by atoms with Gasteiger partial charge in [-0.25, -0.2) is 0 Å². The van der Waals surface area contributed by atoms with E-state index in [9.17, 15) is 0 Å². The summed E-state index contributed by atoms with van der Waals surface area (Å²) in [5.41, 5.74) is 1.28. The molecule has 96 valence electrons. The molecule has 0 bridgehead atoms. The van der Waals surface area contributed by atoms with Crippen LogP contribution in [-0.4, -0.2) is 25.1 Å². The zero-order valence-corrected chi connectivity index (χ0v) is 12.8. The molecule has 0 spiro atoms. The van der Waals surface area contributed by atoms with E-state index in [1.807, 2.05) is 6.07 Å². The van der Waals surface area contributed by atoms with E-state index in [0.717, 1.165) is 16.8 Å². The van der Waals surface area contributed by atoms with Gasteiger partial charge in [-0.2, -0.15) is 0 Å². The van der Waals surface area contributed by atoms with E-state index in [0.29, 0.717) is 6.04 Å². The molecule has 0 aliphatic carbocycles. The molecule has 0 heterocycles. The molecule has 0 aliphatic heterocycles. The number of methoxy groups -OCH3 is 1.